The second kappa shape index (κ2) is 5.09. The molecule has 0 saturated heterocycles. The Morgan fingerprint density at radius 1 is 1.64 bits per heavy atom. The van der Waals surface area contributed by atoms with Crippen molar-refractivity contribution >= 4 is 5.97 Å². The van der Waals surface area contributed by atoms with Crippen molar-refractivity contribution in [3.8, 4) is 0 Å². The van der Waals surface area contributed by atoms with Crippen LogP contribution in [0.5, 0.6) is 0 Å². The van der Waals surface area contributed by atoms with Crippen LogP contribution in [0.3, 0.4) is 0 Å². The number of carboxylic acid groups (broad SMARTS) is 1. The van der Waals surface area contributed by atoms with E-state index in [1.165, 1.54) is 0 Å². The highest BCUT2D eigenvalue weighted by atomic mass is 16.4. The molecule has 0 aliphatic rings. The molecule has 0 amide bonds. The molecule has 4 nitrogen and oxygen atoms in total. The van der Waals surface area contributed by atoms with Crippen molar-refractivity contribution in [2.75, 3.05) is 6.54 Å². The molecular weight excluding hydrogens is 144 g/mol. The van der Waals surface area contributed by atoms with Crippen LogP contribution in [-0.2, 0) is 4.79 Å². The quantitative estimate of drug-likeness (QED) is 0.518. The van der Waals surface area contributed by atoms with E-state index in [4.69, 9.17) is 16.6 Å². The average molecular weight is 160 g/mol. The number of hydrogen-bond donors (Lipinski definition) is 3. The van der Waals surface area contributed by atoms with Crippen LogP contribution in [0.1, 0.15) is 19.8 Å². The molecule has 0 radical (unpaired) electrons. The molecule has 0 heterocycles. The SMILES string of the molecule is CC(CCN)CC(N)C(=O)O. The Labute approximate surface area is 66.6 Å². The summed E-state index contributed by atoms with van der Waals surface area (Å²) in [6, 6.07) is -0.739. The van der Waals surface area contributed by atoms with Gasteiger partial charge in [-0.15, -0.1) is 0 Å². The molecule has 0 saturated carbocycles. The molecule has 0 rings (SSSR count). The van der Waals surface area contributed by atoms with Gasteiger partial charge >= 0.3 is 5.97 Å². The van der Waals surface area contributed by atoms with Gasteiger partial charge in [-0.1, -0.05) is 6.92 Å². The molecule has 0 fully saturated rings. The minimum atomic E-state index is -0.936. The maximum Gasteiger partial charge on any atom is 0.320 e. The predicted molar refractivity (Wildman–Crippen MR) is 43.1 cm³/mol. The predicted octanol–water partition coefficient (Wildman–Crippen LogP) is -0.227. The van der Waals surface area contributed by atoms with E-state index >= 15 is 0 Å². The molecule has 0 aromatic heterocycles. The molecule has 0 aromatic rings. The lowest BCUT2D eigenvalue weighted by Gasteiger charge is -2.12. The normalized spacial score (nSPS) is 15.9. The number of nitrogens with two attached hydrogens (primary N) is 2. The molecule has 2 unspecified atom stereocenters. The van der Waals surface area contributed by atoms with E-state index in [-0.39, 0.29) is 0 Å². The Morgan fingerprint density at radius 3 is 2.55 bits per heavy atom. The van der Waals surface area contributed by atoms with Crippen molar-refractivity contribution in [3.05, 3.63) is 0 Å². The molecule has 4 heteroatoms. The molecule has 0 spiro atoms. The van der Waals surface area contributed by atoms with Gasteiger partial charge in [-0.05, 0) is 25.3 Å². The fourth-order valence-electron chi connectivity index (χ4n) is 0.937. The van der Waals surface area contributed by atoms with Gasteiger partial charge in [-0.2, -0.15) is 0 Å². The van der Waals surface area contributed by atoms with E-state index in [1.54, 1.807) is 0 Å². The number of hydrogen-bond acceptors (Lipinski definition) is 3. The first-order valence-electron chi connectivity index (χ1n) is 3.76. The number of carbonyl (C=O) groups is 1. The zero-order valence-electron chi connectivity index (χ0n) is 6.79. The Morgan fingerprint density at radius 2 is 2.18 bits per heavy atom. The van der Waals surface area contributed by atoms with E-state index in [1.807, 2.05) is 6.92 Å². The van der Waals surface area contributed by atoms with Crippen LogP contribution >= 0.6 is 0 Å². The van der Waals surface area contributed by atoms with Gasteiger partial charge in [-0.3, -0.25) is 4.79 Å². The highest BCUT2D eigenvalue weighted by Crippen LogP contribution is 2.07. The summed E-state index contributed by atoms with van der Waals surface area (Å²) in [6.07, 6.45) is 1.34. The van der Waals surface area contributed by atoms with Crippen LogP contribution in [0.4, 0.5) is 0 Å². The smallest absolute Gasteiger partial charge is 0.320 e. The molecule has 0 aromatic carbocycles. The third kappa shape index (κ3) is 4.75. The standard InChI is InChI=1S/C7H16N2O2/c1-5(2-3-8)4-6(9)7(10)11/h5-6H,2-4,8-9H2,1H3,(H,10,11). The first-order valence-corrected chi connectivity index (χ1v) is 3.76. The van der Waals surface area contributed by atoms with Crippen LogP contribution in [0, 0.1) is 5.92 Å². The number of rotatable bonds is 5. The molecular formula is C7H16N2O2. The lowest BCUT2D eigenvalue weighted by atomic mass is 9.99. The van der Waals surface area contributed by atoms with Gasteiger partial charge in [-0.25, -0.2) is 0 Å². The maximum absolute atomic E-state index is 10.3. The van der Waals surface area contributed by atoms with Crippen LogP contribution in [-0.4, -0.2) is 23.7 Å². The van der Waals surface area contributed by atoms with Crippen LogP contribution in [0.25, 0.3) is 0 Å². The first-order chi connectivity index (χ1) is 5.07. The Kier molecular flexibility index (Phi) is 4.81. The van der Waals surface area contributed by atoms with Crippen molar-refractivity contribution in [1.29, 1.82) is 0 Å². The molecule has 0 aliphatic heterocycles. The van der Waals surface area contributed by atoms with Gasteiger partial charge in [0.1, 0.15) is 6.04 Å². The van der Waals surface area contributed by atoms with Crippen molar-refractivity contribution in [1.82, 2.24) is 0 Å². The summed E-state index contributed by atoms with van der Waals surface area (Å²) in [5.41, 5.74) is 10.6. The third-order valence-corrected chi connectivity index (χ3v) is 1.63. The molecule has 11 heavy (non-hydrogen) atoms. The largest absolute Gasteiger partial charge is 0.480 e. The van der Waals surface area contributed by atoms with Gasteiger partial charge in [0.25, 0.3) is 0 Å². The highest BCUT2D eigenvalue weighted by molar-refractivity contribution is 5.72. The summed E-state index contributed by atoms with van der Waals surface area (Å²) in [7, 11) is 0. The lowest BCUT2D eigenvalue weighted by Crippen LogP contribution is -2.32. The van der Waals surface area contributed by atoms with Crippen molar-refractivity contribution < 1.29 is 9.90 Å². The molecule has 66 valence electrons. The summed E-state index contributed by atoms with van der Waals surface area (Å²) < 4.78 is 0. The van der Waals surface area contributed by atoms with E-state index in [0.717, 1.165) is 6.42 Å². The van der Waals surface area contributed by atoms with Gasteiger partial charge in [0.15, 0.2) is 0 Å². The minimum Gasteiger partial charge on any atom is -0.480 e. The summed E-state index contributed by atoms with van der Waals surface area (Å²) in [5.74, 6) is -0.639. The van der Waals surface area contributed by atoms with Gasteiger partial charge in [0, 0.05) is 0 Å². The Hall–Kier alpha value is -0.610. The fraction of sp³-hybridized carbons (Fsp3) is 0.857. The van der Waals surface area contributed by atoms with E-state index in [0.29, 0.717) is 18.9 Å². The van der Waals surface area contributed by atoms with Gasteiger partial charge < -0.3 is 16.6 Å². The first kappa shape index (κ1) is 10.4. The second-order valence-corrected chi connectivity index (χ2v) is 2.86. The topological polar surface area (TPSA) is 89.3 Å². The molecule has 0 bridgehead atoms. The summed E-state index contributed by atoms with van der Waals surface area (Å²) >= 11 is 0. The van der Waals surface area contributed by atoms with Gasteiger partial charge in [0.2, 0.25) is 0 Å². The Balaban J connectivity index is 3.56. The monoisotopic (exact) mass is 160 g/mol. The summed E-state index contributed by atoms with van der Waals surface area (Å²) in [6.45, 7) is 2.54. The zero-order chi connectivity index (χ0) is 8.85. The summed E-state index contributed by atoms with van der Waals surface area (Å²) in [5, 5.41) is 8.44. The number of aliphatic carboxylic acids is 1. The maximum atomic E-state index is 10.3. The third-order valence-electron chi connectivity index (χ3n) is 1.63. The molecule has 5 N–H and O–H groups in total. The fourth-order valence-corrected chi connectivity index (χ4v) is 0.937. The van der Waals surface area contributed by atoms with Crippen molar-refractivity contribution in [2.45, 2.75) is 25.8 Å². The van der Waals surface area contributed by atoms with Crippen LogP contribution in [0.15, 0.2) is 0 Å². The minimum absolute atomic E-state index is 0.297. The number of carboxylic acids is 1. The zero-order valence-corrected chi connectivity index (χ0v) is 6.79. The van der Waals surface area contributed by atoms with E-state index in [9.17, 15) is 4.79 Å². The lowest BCUT2D eigenvalue weighted by molar-refractivity contribution is -0.138. The van der Waals surface area contributed by atoms with Crippen LogP contribution in [0.2, 0.25) is 0 Å². The second-order valence-electron chi connectivity index (χ2n) is 2.86. The molecule has 0 aliphatic carbocycles. The average Bonchev–Trinajstić information content (AvgIpc) is 1.87. The van der Waals surface area contributed by atoms with Crippen LogP contribution < -0.4 is 11.5 Å². The summed E-state index contributed by atoms with van der Waals surface area (Å²) in [4.78, 5) is 10.3. The Bertz CT molecular complexity index is 128. The highest BCUT2D eigenvalue weighted by Gasteiger charge is 2.14. The van der Waals surface area contributed by atoms with E-state index in [2.05, 4.69) is 0 Å². The van der Waals surface area contributed by atoms with Crippen molar-refractivity contribution in [3.63, 3.8) is 0 Å². The van der Waals surface area contributed by atoms with E-state index < -0.39 is 12.0 Å². The molecule has 2 atom stereocenters. The van der Waals surface area contributed by atoms with Gasteiger partial charge in [0.05, 0.1) is 0 Å². The van der Waals surface area contributed by atoms with Crippen molar-refractivity contribution in [2.24, 2.45) is 17.4 Å².